The van der Waals surface area contributed by atoms with Crippen molar-refractivity contribution < 1.29 is 4.79 Å². The summed E-state index contributed by atoms with van der Waals surface area (Å²) in [7, 11) is 0. The molecule has 0 atom stereocenters. The van der Waals surface area contributed by atoms with E-state index in [0.29, 0.717) is 13.0 Å². The quantitative estimate of drug-likeness (QED) is 0.753. The van der Waals surface area contributed by atoms with Crippen molar-refractivity contribution in [2.75, 3.05) is 6.54 Å². The first-order chi connectivity index (χ1) is 10.3. The number of nitrogens with zero attached hydrogens (tertiary/aromatic N) is 1. The molecule has 1 aromatic carbocycles. The molecule has 2 heterocycles. The molecule has 3 rings (SSSR count). The van der Waals surface area contributed by atoms with Crippen molar-refractivity contribution in [1.82, 2.24) is 15.3 Å². The number of carbonyl (C=O) groups excluding carboxylic acids is 1. The van der Waals surface area contributed by atoms with E-state index in [2.05, 4.69) is 15.3 Å². The second-order valence-electron chi connectivity index (χ2n) is 4.96. The van der Waals surface area contributed by atoms with Crippen LogP contribution in [0.15, 0.2) is 54.9 Å². The minimum atomic E-state index is 0.0377. The minimum Gasteiger partial charge on any atom is -0.361 e. The smallest absolute Gasteiger partial charge is 0.224 e. The summed E-state index contributed by atoms with van der Waals surface area (Å²) in [4.78, 5) is 19.4. The number of hydrogen-bond acceptors (Lipinski definition) is 2. The lowest BCUT2D eigenvalue weighted by Gasteiger charge is -2.04. The van der Waals surface area contributed by atoms with Crippen LogP contribution in [0.2, 0.25) is 0 Å². The topological polar surface area (TPSA) is 57.8 Å². The highest BCUT2D eigenvalue weighted by atomic mass is 16.1. The lowest BCUT2D eigenvalue weighted by Crippen LogP contribution is -2.27. The van der Waals surface area contributed by atoms with E-state index in [0.717, 1.165) is 28.6 Å². The van der Waals surface area contributed by atoms with Crippen LogP contribution in [0.4, 0.5) is 0 Å². The largest absolute Gasteiger partial charge is 0.361 e. The van der Waals surface area contributed by atoms with Crippen LogP contribution in [0.1, 0.15) is 11.3 Å². The first kappa shape index (κ1) is 13.4. The number of carbonyl (C=O) groups is 1. The fraction of sp³-hybridized carbons (Fsp3) is 0.176. The van der Waals surface area contributed by atoms with Crippen molar-refractivity contribution in [3.63, 3.8) is 0 Å². The molecule has 0 saturated carbocycles. The predicted octanol–water partition coefficient (Wildman–Crippen LogP) is 2.46. The van der Waals surface area contributed by atoms with Crippen molar-refractivity contribution >= 4 is 16.8 Å². The van der Waals surface area contributed by atoms with Crippen LogP contribution >= 0.6 is 0 Å². The molecule has 0 aliphatic rings. The summed E-state index contributed by atoms with van der Waals surface area (Å²) in [5, 5.41) is 4.05. The summed E-state index contributed by atoms with van der Waals surface area (Å²) in [5.74, 6) is 0.0377. The molecule has 0 fully saturated rings. The van der Waals surface area contributed by atoms with Gasteiger partial charge >= 0.3 is 0 Å². The molecule has 0 aliphatic carbocycles. The maximum Gasteiger partial charge on any atom is 0.224 e. The zero-order valence-electron chi connectivity index (χ0n) is 11.7. The number of hydrogen-bond donors (Lipinski definition) is 2. The lowest BCUT2D eigenvalue weighted by molar-refractivity contribution is -0.120. The Balaban J connectivity index is 1.55. The Kier molecular flexibility index (Phi) is 3.96. The highest BCUT2D eigenvalue weighted by molar-refractivity contribution is 5.88. The molecule has 0 aliphatic heterocycles. The van der Waals surface area contributed by atoms with Gasteiger partial charge in [0.1, 0.15) is 0 Å². The number of rotatable bonds is 5. The Labute approximate surface area is 123 Å². The van der Waals surface area contributed by atoms with Gasteiger partial charge in [-0.25, -0.2) is 0 Å². The number of aromatic amines is 1. The van der Waals surface area contributed by atoms with Crippen LogP contribution < -0.4 is 5.32 Å². The molecule has 4 nitrogen and oxygen atoms in total. The average molecular weight is 279 g/mol. The maximum atomic E-state index is 12.0. The molecular formula is C17H17N3O. The van der Waals surface area contributed by atoms with Crippen molar-refractivity contribution in [1.29, 1.82) is 0 Å². The lowest BCUT2D eigenvalue weighted by atomic mass is 10.1. The standard InChI is InChI=1S/C17H17N3O/c21-17(19-10-8-14-5-3-4-9-18-14)11-13-12-20-16-7-2-1-6-15(13)16/h1-7,9,12,20H,8,10-11H2,(H,19,21). The normalized spacial score (nSPS) is 10.7. The van der Waals surface area contributed by atoms with Gasteiger partial charge in [-0.1, -0.05) is 24.3 Å². The monoisotopic (exact) mass is 279 g/mol. The SMILES string of the molecule is O=C(Cc1c[nH]c2ccccc12)NCCc1ccccn1. The van der Waals surface area contributed by atoms with Crippen LogP contribution in [-0.4, -0.2) is 22.4 Å². The van der Waals surface area contributed by atoms with E-state index in [-0.39, 0.29) is 5.91 Å². The number of benzene rings is 1. The molecule has 2 aromatic heterocycles. The molecule has 1 amide bonds. The third-order valence-electron chi connectivity index (χ3n) is 3.46. The molecule has 4 heteroatoms. The van der Waals surface area contributed by atoms with Crippen LogP contribution in [0.25, 0.3) is 10.9 Å². The van der Waals surface area contributed by atoms with Crippen molar-refractivity contribution in [3.8, 4) is 0 Å². The van der Waals surface area contributed by atoms with Gasteiger partial charge in [0.15, 0.2) is 0 Å². The zero-order chi connectivity index (χ0) is 14.5. The summed E-state index contributed by atoms with van der Waals surface area (Å²) < 4.78 is 0. The molecule has 0 radical (unpaired) electrons. The van der Waals surface area contributed by atoms with E-state index in [4.69, 9.17) is 0 Å². The summed E-state index contributed by atoms with van der Waals surface area (Å²) >= 11 is 0. The number of pyridine rings is 1. The Bertz CT molecular complexity index is 734. The highest BCUT2D eigenvalue weighted by Crippen LogP contribution is 2.17. The van der Waals surface area contributed by atoms with Crippen molar-refractivity contribution in [2.45, 2.75) is 12.8 Å². The van der Waals surface area contributed by atoms with Gasteiger partial charge in [-0.3, -0.25) is 9.78 Å². The first-order valence-corrected chi connectivity index (χ1v) is 7.04. The molecule has 0 saturated heterocycles. The molecular weight excluding hydrogens is 262 g/mol. The van der Waals surface area contributed by atoms with Gasteiger partial charge in [0.05, 0.1) is 6.42 Å². The van der Waals surface area contributed by atoms with E-state index in [1.807, 2.05) is 48.7 Å². The Hall–Kier alpha value is -2.62. The van der Waals surface area contributed by atoms with Gasteiger partial charge in [0.2, 0.25) is 5.91 Å². The van der Waals surface area contributed by atoms with E-state index in [9.17, 15) is 4.79 Å². The van der Waals surface area contributed by atoms with Crippen molar-refractivity contribution in [3.05, 3.63) is 66.1 Å². The Morgan fingerprint density at radius 2 is 2.00 bits per heavy atom. The number of aromatic nitrogens is 2. The Morgan fingerprint density at radius 1 is 1.14 bits per heavy atom. The maximum absolute atomic E-state index is 12.0. The highest BCUT2D eigenvalue weighted by Gasteiger charge is 2.08. The van der Waals surface area contributed by atoms with Crippen LogP contribution in [0, 0.1) is 0 Å². The average Bonchev–Trinajstić information content (AvgIpc) is 2.92. The number of para-hydroxylation sites is 1. The molecule has 0 unspecified atom stereocenters. The fourth-order valence-electron chi connectivity index (χ4n) is 2.39. The number of amides is 1. The molecule has 0 spiro atoms. The molecule has 3 aromatic rings. The second-order valence-corrected chi connectivity index (χ2v) is 4.96. The van der Waals surface area contributed by atoms with Crippen LogP contribution in [-0.2, 0) is 17.6 Å². The van der Waals surface area contributed by atoms with E-state index in [1.54, 1.807) is 6.20 Å². The molecule has 21 heavy (non-hydrogen) atoms. The zero-order valence-corrected chi connectivity index (χ0v) is 11.7. The molecule has 2 N–H and O–H groups in total. The van der Waals surface area contributed by atoms with Gasteiger partial charge in [0, 0.05) is 42.0 Å². The molecule has 106 valence electrons. The van der Waals surface area contributed by atoms with E-state index < -0.39 is 0 Å². The number of H-pyrrole nitrogens is 1. The predicted molar refractivity (Wildman–Crippen MR) is 83.0 cm³/mol. The van der Waals surface area contributed by atoms with Gasteiger partial charge in [-0.05, 0) is 23.8 Å². The van der Waals surface area contributed by atoms with Crippen molar-refractivity contribution in [2.24, 2.45) is 0 Å². The summed E-state index contributed by atoms with van der Waals surface area (Å²) in [6.45, 7) is 0.609. The van der Waals surface area contributed by atoms with Gasteiger partial charge < -0.3 is 10.3 Å². The van der Waals surface area contributed by atoms with Gasteiger partial charge in [0.25, 0.3) is 0 Å². The first-order valence-electron chi connectivity index (χ1n) is 7.04. The summed E-state index contributed by atoms with van der Waals surface area (Å²) in [5.41, 5.74) is 3.08. The summed E-state index contributed by atoms with van der Waals surface area (Å²) in [6, 6.07) is 13.8. The minimum absolute atomic E-state index is 0.0377. The Morgan fingerprint density at radius 3 is 2.86 bits per heavy atom. The van der Waals surface area contributed by atoms with E-state index in [1.165, 1.54) is 0 Å². The number of nitrogens with one attached hydrogen (secondary N) is 2. The van der Waals surface area contributed by atoms with Gasteiger partial charge in [-0.15, -0.1) is 0 Å². The van der Waals surface area contributed by atoms with Crippen LogP contribution in [0.3, 0.4) is 0 Å². The number of fused-ring (bicyclic) bond motifs is 1. The summed E-state index contributed by atoms with van der Waals surface area (Å²) in [6.07, 6.45) is 4.82. The third-order valence-corrected chi connectivity index (χ3v) is 3.46. The fourth-order valence-corrected chi connectivity index (χ4v) is 2.39. The van der Waals surface area contributed by atoms with Crippen LogP contribution in [0.5, 0.6) is 0 Å². The second kappa shape index (κ2) is 6.22. The molecule has 0 bridgehead atoms. The third kappa shape index (κ3) is 3.28. The van der Waals surface area contributed by atoms with E-state index >= 15 is 0 Å². The van der Waals surface area contributed by atoms with Gasteiger partial charge in [-0.2, -0.15) is 0 Å².